The van der Waals surface area contributed by atoms with Gasteiger partial charge in [0.1, 0.15) is 5.44 Å². The highest BCUT2D eigenvalue weighted by molar-refractivity contribution is 8.01. The summed E-state index contributed by atoms with van der Waals surface area (Å²) in [4.78, 5) is 12.5. The fourth-order valence-electron chi connectivity index (χ4n) is 1.28. The van der Waals surface area contributed by atoms with Crippen LogP contribution in [0.3, 0.4) is 0 Å². The van der Waals surface area contributed by atoms with E-state index in [1.807, 2.05) is 0 Å². The van der Waals surface area contributed by atoms with Crippen molar-refractivity contribution in [3.63, 3.8) is 0 Å². The number of hydrogen-bond acceptors (Lipinski definition) is 5. The number of carbonyl (C=O) groups is 1. The molecule has 2 heterocycles. The van der Waals surface area contributed by atoms with Crippen LogP contribution in [-0.2, 0) is 19.1 Å². The lowest BCUT2D eigenvalue weighted by atomic mass is 10.2. The van der Waals surface area contributed by atoms with Crippen molar-refractivity contribution < 1.29 is 17.4 Å². The van der Waals surface area contributed by atoms with Gasteiger partial charge in [-0.1, -0.05) is 11.8 Å². The van der Waals surface area contributed by atoms with Gasteiger partial charge < -0.3 is 4.90 Å². The van der Waals surface area contributed by atoms with E-state index in [1.165, 1.54) is 11.8 Å². The average Bonchev–Trinajstić information content (AvgIpc) is 1.99. The Balaban J connectivity index is 2.02. The first-order valence-corrected chi connectivity index (χ1v) is 6.75. The first kappa shape index (κ1) is 10.0. The molecule has 1 saturated heterocycles. The van der Waals surface area contributed by atoms with Gasteiger partial charge in [0.25, 0.3) is 10.1 Å². The highest BCUT2D eigenvalue weighted by atomic mass is 32.2. The van der Waals surface area contributed by atoms with E-state index in [1.54, 1.807) is 17.2 Å². The summed E-state index contributed by atoms with van der Waals surface area (Å²) >= 11 is 1.33. The van der Waals surface area contributed by atoms with Crippen LogP contribution < -0.4 is 0 Å². The van der Waals surface area contributed by atoms with Gasteiger partial charge in [0, 0.05) is 6.20 Å². The number of thioether (sulfide) groups is 1. The van der Waals surface area contributed by atoms with E-state index in [9.17, 15) is 13.2 Å². The average molecular weight is 235 g/mol. The fourth-order valence-corrected chi connectivity index (χ4v) is 3.33. The monoisotopic (exact) mass is 235 g/mol. The summed E-state index contributed by atoms with van der Waals surface area (Å²) in [5.74, 6) is 0.0663. The molecule has 0 aromatic heterocycles. The Morgan fingerprint density at radius 2 is 2.36 bits per heavy atom. The molecular weight excluding hydrogens is 226 g/mol. The standard InChI is InChI=1S/C7H9NO4S2/c1-14(10,11)12-7-2-3-8-5(9)4-6(8)13-7/h2-3,6-7H,4H2,1H3/t6-,7?/m1/s1. The maximum Gasteiger partial charge on any atom is 0.265 e. The molecule has 7 heteroatoms. The second-order valence-electron chi connectivity index (χ2n) is 3.11. The molecule has 0 radical (unpaired) electrons. The third-order valence-corrected chi connectivity index (χ3v) is 3.82. The van der Waals surface area contributed by atoms with Crippen LogP contribution in [-0.4, -0.2) is 36.3 Å². The lowest BCUT2D eigenvalue weighted by Crippen LogP contribution is -2.49. The van der Waals surface area contributed by atoms with Gasteiger partial charge in [-0.3, -0.25) is 8.98 Å². The summed E-state index contributed by atoms with van der Waals surface area (Å²) in [7, 11) is -3.43. The molecule has 2 rings (SSSR count). The highest BCUT2D eigenvalue weighted by Crippen LogP contribution is 2.37. The van der Waals surface area contributed by atoms with Crippen LogP contribution >= 0.6 is 11.8 Å². The lowest BCUT2D eigenvalue weighted by molar-refractivity contribution is -0.137. The zero-order valence-corrected chi connectivity index (χ0v) is 9.05. The van der Waals surface area contributed by atoms with Crippen LogP contribution in [0.1, 0.15) is 6.42 Å². The van der Waals surface area contributed by atoms with Crippen molar-refractivity contribution in [1.82, 2.24) is 4.90 Å². The third kappa shape index (κ3) is 1.94. The number of nitrogens with zero attached hydrogens (tertiary/aromatic N) is 1. The topological polar surface area (TPSA) is 63.7 Å². The van der Waals surface area contributed by atoms with Gasteiger partial charge in [0.15, 0.2) is 0 Å². The maximum absolute atomic E-state index is 11.0. The second-order valence-corrected chi connectivity index (χ2v) is 5.99. The van der Waals surface area contributed by atoms with Gasteiger partial charge in [-0.05, 0) is 6.08 Å². The van der Waals surface area contributed by atoms with Gasteiger partial charge >= 0.3 is 0 Å². The van der Waals surface area contributed by atoms with Crippen LogP contribution in [0.15, 0.2) is 12.3 Å². The van der Waals surface area contributed by atoms with E-state index < -0.39 is 15.6 Å². The first-order chi connectivity index (χ1) is 6.46. The molecule has 0 aliphatic carbocycles. The minimum absolute atomic E-state index is 0.0410. The van der Waals surface area contributed by atoms with E-state index in [2.05, 4.69) is 0 Å². The SMILES string of the molecule is CS(=O)(=O)OC1C=CN2C(=O)C[C@H]2S1. The van der Waals surface area contributed by atoms with Crippen molar-refractivity contribution in [3.8, 4) is 0 Å². The van der Waals surface area contributed by atoms with Gasteiger partial charge in [-0.25, -0.2) is 0 Å². The molecule has 1 fully saturated rings. The maximum atomic E-state index is 11.0. The highest BCUT2D eigenvalue weighted by Gasteiger charge is 2.39. The molecule has 0 aromatic rings. The minimum atomic E-state index is -3.43. The number of rotatable bonds is 2. The van der Waals surface area contributed by atoms with Crippen molar-refractivity contribution in [2.24, 2.45) is 0 Å². The van der Waals surface area contributed by atoms with Crippen molar-refractivity contribution >= 4 is 27.8 Å². The van der Waals surface area contributed by atoms with E-state index >= 15 is 0 Å². The molecule has 2 aliphatic rings. The van der Waals surface area contributed by atoms with Gasteiger partial charge in [0.05, 0.1) is 18.1 Å². The largest absolute Gasteiger partial charge is 0.306 e. The lowest BCUT2D eigenvalue weighted by Gasteiger charge is -2.41. The van der Waals surface area contributed by atoms with Crippen LogP contribution in [0.25, 0.3) is 0 Å². The van der Waals surface area contributed by atoms with Gasteiger partial charge in [0.2, 0.25) is 5.91 Å². The Bertz CT molecular complexity index is 388. The smallest absolute Gasteiger partial charge is 0.265 e. The van der Waals surface area contributed by atoms with Gasteiger partial charge in [-0.2, -0.15) is 8.42 Å². The summed E-state index contributed by atoms with van der Waals surface area (Å²) in [5, 5.41) is 0.0410. The zero-order valence-electron chi connectivity index (χ0n) is 7.41. The number of β-lactam (4-membered cyclic amide) rings is 1. The number of fused-ring (bicyclic) bond motifs is 1. The molecule has 5 nitrogen and oxygen atoms in total. The fraction of sp³-hybridized carbons (Fsp3) is 0.571. The van der Waals surface area contributed by atoms with Crippen molar-refractivity contribution in [2.45, 2.75) is 17.2 Å². The third-order valence-electron chi connectivity index (χ3n) is 1.91. The van der Waals surface area contributed by atoms with E-state index in [4.69, 9.17) is 4.18 Å². The van der Waals surface area contributed by atoms with Crippen molar-refractivity contribution in [3.05, 3.63) is 12.3 Å². The first-order valence-electron chi connectivity index (χ1n) is 3.99. The summed E-state index contributed by atoms with van der Waals surface area (Å²) in [6.07, 6.45) is 4.63. The van der Waals surface area contributed by atoms with Crippen molar-refractivity contribution in [2.75, 3.05) is 6.26 Å². The molecule has 0 bridgehead atoms. The number of amides is 1. The summed E-state index contributed by atoms with van der Waals surface area (Å²) in [6, 6.07) is 0. The van der Waals surface area contributed by atoms with Crippen LogP contribution in [0.2, 0.25) is 0 Å². The van der Waals surface area contributed by atoms with Crippen LogP contribution in [0.5, 0.6) is 0 Å². The summed E-state index contributed by atoms with van der Waals surface area (Å²) in [5.41, 5.74) is -0.501. The van der Waals surface area contributed by atoms with Crippen LogP contribution in [0, 0.1) is 0 Å². The Hall–Kier alpha value is -0.530. The molecular formula is C7H9NO4S2. The molecule has 0 aromatic carbocycles. The van der Waals surface area contributed by atoms with E-state index in [0.29, 0.717) is 6.42 Å². The van der Waals surface area contributed by atoms with Gasteiger partial charge in [-0.15, -0.1) is 0 Å². The molecule has 2 atom stereocenters. The molecule has 1 amide bonds. The quantitative estimate of drug-likeness (QED) is 0.502. The Morgan fingerprint density at radius 3 is 2.86 bits per heavy atom. The molecule has 2 aliphatic heterocycles. The Labute approximate surface area is 86.2 Å². The van der Waals surface area contributed by atoms with E-state index in [-0.39, 0.29) is 11.3 Å². The normalized spacial score (nSPS) is 31.2. The number of hydrogen-bond donors (Lipinski definition) is 0. The summed E-state index contributed by atoms with van der Waals surface area (Å²) < 4.78 is 26.4. The van der Waals surface area contributed by atoms with E-state index in [0.717, 1.165) is 6.26 Å². The zero-order chi connectivity index (χ0) is 10.3. The molecule has 78 valence electrons. The molecule has 0 N–H and O–H groups in total. The molecule has 14 heavy (non-hydrogen) atoms. The van der Waals surface area contributed by atoms with Crippen molar-refractivity contribution in [1.29, 1.82) is 0 Å². The molecule has 0 saturated carbocycles. The predicted molar refractivity (Wildman–Crippen MR) is 51.7 cm³/mol. The Kier molecular flexibility index (Phi) is 2.32. The second kappa shape index (κ2) is 3.25. The predicted octanol–water partition coefficient (Wildman–Crippen LogP) is 0.108. The molecule has 1 unspecified atom stereocenters. The Morgan fingerprint density at radius 1 is 1.64 bits per heavy atom. The van der Waals surface area contributed by atoms with Crippen LogP contribution in [0.4, 0.5) is 0 Å². The minimum Gasteiger partial charge on any atom is -0.306 e. The number of carbonyl (C=O) groups excluding carboxylic acids is 1. The summed E-state index contributed by atoms with van der Waals surface area (Å²) in [6.45, 7) is 0. The molecule has 0 spiro atoms.